The highest BCUT2D eigenvalue weighted by Crippen LogP contribution is 2.35. The van der Waals surface area contributed by atoms with Crippen molar-refractivity contribution < 1.29 is 9.47 Å². The van der Waals surface area contributed by atoms with Crippen LogP contribution in [0, 0.1) is 12.3 Å². The Morgan fingerprint density at radius 3 is 2.57 bits per heavy atom. The molecule has 0 bridgehead atoms. The van der Waals surface area contributed by atoms with Crippen molar-refractivity contribution in [2.24, 2.45) is 5.73 Å². The summed E-state index contributed by atoms with van der Waals surface area (Å²) in [4.78, 5) is 0. The molecule has 110 valence electrons. The minimum Gasteiger partial charge on any atom is -0.493 e. The molecule has 21 heavy (non-hydrogen) atoms. The van der Waals surface area contributed by atoms with Gasteiger partial charge in [0.1, 0.15) is 11.6 Å². The van der Waals surface area contributed by atoms with Gasteiger partial charge >= 0.3 is 0 Å². The monoisotopic (exact) mass is 284 g/mol. The van der Waals surface area contributed by atoms with E-state index in [0.29, 0.717) is 22.8 Å². The van der Waals surface area contributed by atoms with Gasteiger partial charge in [0.25, 0.3) is 0 Å². The van der Waals surface area contributed by atoms with Crippen molar-refractivity contribution in [2.45, 2.75) is 20.3 Å². The lowest BCUT2D eigenvalue weighted by atomic mass is 10.1. The van der Waals surface area contributed by atoms with E-state index in [2.05, 4.69) is 6.92 Å². The van der Waals surface area contributed by atoms with Gasteiger partial charge in [-0.05, 0) is 42.7 Å². The molecule has 0 radical (unpaired) electrons. The van der Waals surface area contributed by atoms with E-state index in [1.165, 1.54) is 5.56 Å². The Bertz CT molecular complexity index is 666. The van der Waals surface area contributed by atoms with Crippen LogP contribution in [0.4, 0.5) is 0 Å². The Morgan fingerprint density at radius 1 is 1.19 bits per heavy atom. The van der Waals surface area contributed by atoms with Gasteiger partial charge in [0.15, 0.2) is 11.5 Å². The van der Waals surface area contributed by atoms with Gasteiger partial charge in [0.2, 0.25) is 0 Å². The van der Waals surface area contributed by atoms with Crippen molar-refractivity contribution in [2.75, 3.05) is 7.11 Å². The summed E-state index contributed by atoms with van der Waals surface area (Å²) in [7, 11) is 1.62. The second-order valence-corrected chi connectivity index (χ2v) is 4.81. The third-order valence-electron chi connectivity index (χ3n) is 3.35. The van der Waals surface area contributed by atoms with Crippen molar-refractivity contribution >= 4 is 5.84 Å². The first-order chi connectivity index (χ1) is 10.1. The predicted octanol–water partition coefficient (Wildman–Crippen LogP) is 3.64. The number of methoxy groups -OCH3 is 1. The first kappa shape index (κ1) is 14.9. The molecular weight excluding hydrogens is 264 g/mol. The number of nitrogens with one attached hydrogen (secondary N) is 1. The van der Waals surface area contributed by atoms with Crippen molar-refractivity contribution in [1.82, 2.24) is 0 Å². The standard InChI is InChI=1S/C17H20N2O2/c1-4-12-8-9-14(15(10-12)20-3)21-16-11(2)6-5-7-13(16)17(18)19/h5-10H,4H2,1-3H3,(H3,18,19). The lowest BCUT2D eigenvalue weighted by Gasteiger charge is -2.15. The number of rotatable bonds is 5. The third kappa shape index (κ3) is 3.16. The van der Waals surface area contributed by atoms with Crippen LogP contribution in [0.3, 0.4) is 0 Å². The summed E-state index contributed by atoms with van der Waals surface area (Å²) < 4.78 is 11.4. The molecule has 0 unspecified atom stereocenters. The number of ether oxygens (including phenoxy) is 2. The van der Waals surface area contributed by atoms with Gasteiger partial charge in [-0.1, -0.05) is 25.1 Å². The number of para-hydroxylation sites is 1. The van der Waals surface area contributed by atoms with Gasteiger partial charge in [0, 0.05) is 0 Å². The number of aryl methyl sites for hydroxylation is 2. The van der Waals surface area contributed by atoms with Crippen LogP contribution in [-0.4, -0.2) is 12.9 Å². The zero-order valence-corrected chi connectivity index (χ0v) is 12.6. The third-order valence-corrected chi connectivity index (χ3v) is 3.35. The molecule has 4 nitrogen and oxygen atoms in total. The smallest absolute Gasteiger partial charge is 0.169 e. The van der Waals surface area contributed by atoms with E-state index in [4.69, 9.17) is 20.6 Å². The summed E-state index contributed by atoms with van der Waals surface area (Å²) in [6, 6.07) is 11.4. The van der Waals surface area contributed by atoms with Crippen molar-refractivity contribution in [3.05, 3.63) is 53.1 Å². The Morgan fingerprint density at radius 2 is 1.95 bits per heavy atom. The number of nitrogen functional groups attached to an aromatic ring is 1. The molecule has 0 saturated heterocycles. The van der Waals surface area contributed by atoms with E-state index in [-0.39, 0.29) is 5.84 Å². The summed E-state index contributed by atoms with van der Waals surface area (Å²) in [5.74, 6) is 1.86. The van der Waals surface area contributed by atoms with Crippen LogP contribution in [0.25, 0.3) is 0 Å². The number of hydrogen-bond donors (Lipinski definition) is 2. The van der Waals surface area contributed by atoms with Crippen LogP contribution in [0.2, 0.25) is 0 Å². The topological polar surface area (TPSA) is 68.3 Å². The fourth-order valence-corrected chi connectivity index (χ4v) is 2.13. The molecule has 0 spiro atoms. The normalized spacial score (nSPS) is 10.2. The highest BCUT2D eigenvalue weighted by atomic mass is 16.5. The molecule has 2 aromatic carbocycles. The minimum atomic E-state index is -0.0159. The number of hydrogen-bond acceptors (Lipinski definition) is 3. The van der Waals surface area contributed by atoms with Gasteiger partial charge in [0.05, 0.1) is 12.7 Å². The molecule has 0 aliphatic carbocycles. The van der Waals surface area contributed by atoms with Gasteiger partial charge < -0.3 is 15.2 Å². The summed E-state index contributed by atoms with van der Waals surface area (Å²) >= 11 is 0. The minimum absolute atomic E-state index is 0.0159. The summed E-state index contributed by atoms with van der Waals surface area (Å²) in [6.45, 7) is 4.01. The number of amidine groups is 1. The largest absolute Gasteiger partial charge is 0.493 e. The predicted molar refractivity (Wildman–Crippen MR) is 84.6 cm³/mol. The highest BCUT2D eigenvalue weighted by molar-refractivity contribution is 5.98. The van der Waals surface area contributed by atoms with Crippen LogP contribution < -0.4 is 15.2 Å². The summed E-state index contributed by atoms with van der Waals surface area (Å²) in [5.41, 5.74) is 8.30. The molecule has 3 N–H and O–H groups in total. The highest BCUT2D eigenvalue weighted by Gasteiger charge is 2.13. The molecule has 0 saturated carbocycles. The maximum absolute atomic E-state index is 7.67. The second kappa shape index (κ2) is 6.31. The van der Waals surface area contributed by atoms with Crippen molar-refractivity contribution in [3.63, 3.8) is 0 Å². The lowest BCUT2D eigenvalue weighted by molar-refractivity contribution is 0.377. The zero-order chi connectivity index (χ0) is 15.4. The average molecular weight is 284 g/mol. The molecular formula is C17H20N2O2. The van der Waals surface area contributed by atoms with Gasteiger partial charge in [-0.15, -0.1) is 0 Å². The first-order valence-electron chi connectivity index (χ1n) is 6.85. The van der Waals surface area contributed by atoms with Crippen LogP contribution in [0.1, 0.15) is 23.6 Å². The first-order valence-corrected chi connectivity index (χ1v) is 6.85. The van der Waals surface area contributed by atoms with E-state index in [9.17, 15) is 0 Å². The average Bonchev–Trinajstić information content (AvgIpc) is 2.49. The van der Waals surface area contributed by atoms with Gasteiger partial charge in [-0.3, -0.25) is 5.41 Å². The Balaban J connectivity index is 2.45. The van der Waals surface area contributed by atoms with Crippen LogP contribution in [0.5, 0.6) is 17.2 Å². The molecule has 0 heterocycles. The van der Waals surface area contributed by atoms with Crippen molar-refractivity contribution in [3.8, 4) is 17.2 Å². The molecule has 0 aliphatic rings. The molecule has 0 amide bonds. The van der Waals surface area contributed by atoms with Crippen LogP contribution >= 0.6 is 0 Å². The number of nitrogens with two attached hydrogens (primary N) is 1. The molecule has 4 heteroatoms. The van der Waals surface area contributed by atoms with E-state index in [1.54, 1.807) is 13.2 Å². The van der Waals surface area contributed by atoms with E-state index in [0.717, 1.165) is 12.0 Å². The SMILES string of the molecule is CCc1ccc(Oc2c(C)cccc2C(=N)N)c(OC)c1. The maximum Gasteiger partial charge on any atom is 0.169 e. The summed E-state index contributed by atoms with van der Waals surface area (Å²) in [6.07, 6.45) is 0.930. The zero-order valence-electron chi connectivity index (χ0n) is 12.6. The Labute approximate surface area is 125 Å². The second-order valence-electron chi connectivity index (χ2n) is 4.81. The van der Waals surface area contributed by atoms with Crippen molar-refractivity contribution in [1.29, 1.82) is 5.41 Å². The van der Waals surface area contributed by atoms with E-state index in [1.807, 2.05) is 37.3 Å². The fraction of sp³-hybridized carbons (Fsp3) is 0.235. The van der Waals surface area contributed by atoms with E-state index < -0.39 is 0 Å². The molecule has 2 aromatic rings. The van der Waals surface area contributed by atoms with Gasteiger partial charge in [-0.25, -0.2) is 0 Å². The molecule has 0 aliphatic heterocycles. The molecule has 0 fully saturated rings. The van der Waals surface area contributed by atoms with Crippen LogP contribution in [-0.2, 0) is 6.42 Å². The maximum atomic E-state index is 7.67. The van der Waals surface area contributed by atoms with Crippen LogP contribution in [0.15, 0.2) is 36.4 Å². The van der Waals surface area contributed by atoms with E-state index >= 15 is 0 Å². The molecule has 0 atom stereocenters. The quantitative estimate of drug-likeness (QED) is 0.650. The fourth-order valence-electron chi connectivity index (χ4n) is 2.13. The molecule has 2 rings (SSSR count). The Hall–Kier alpha value is -2.49. The summed E-state index contributed by atoms with van der Waals surface area (Å²) in [5, 5.41) is 7.67. The number of benzene rings is 2. The molecule has 0 aromatic heterocycles. The van der Waals surface area contributed by atoms with Gasteiger partial charge in [-0.2, -0.15) is 0 Å². The Kier molecular flexibility index (Phi) is 4.48. The lowest BCUT2D eigenvalue weighted by Crippen LogP contribution is -2.13.